The Morgan fingerprint density at radius 3 is 2.62 bits per heavy atom. The number of hydrogen-bond donors (Lipinski definition) is 0. The summed E-state index contributed by atoms with van der Waals surface area (Å²) in [6, 6.07) is 0. The summed E-state index contributed by atoms with van der Waals surface area (Å²) in [5.41, 5.74) is 0. The van der Waals surface area contributed by atoms with E-state index >= 15 is 0 Å². The molecule has 0 bridgehead atoms. The lowest BCUT2D eigenvalue weighted by Gasteiger charge is -2.10. The Hall–Kier alpha value is 0.800. The molecule has 13 heavy (non-hydrogen) atoms. The van der Waals surface area contributed by atoms with E-state index in [1.807, 2.05) is 0 Å². The van der Waals surface area contributed by atoms with Gasteiger partial charge in [-0.25, -0.2) is 4.68 Å². The summed E-state index contributed by atoms with van der Waals surface area (Å²) in [5, 5.41) is 11.3. The average molecular weight is 397 g/mol. The summed E-state index contributed by atoms with van der Waals surface area (Å²) in [6.45, 7) is 0.705. The molecule has 1 rings (SSSR count). The van der Waals surface area contributed by atoms with E-state index in [2.05, 4.69) is 63.3 Å². The van der Waals surface area contributed by atoms with E-state index < -0.39 is 2.14 Å². The number of aromatic nitrogens is 4. The van der Waals surface area contributed by atoms with Gasteiger partial charge in [0.25, 0.3) is 0 Å². The Morgan fingerprint density at radius 1 is 1.38 bits per heavy atom. The lowest BCUT2D eigenvalue weighted by atomic mass is 10.5. The van der Waals surface area contributed by atoms with Crippen LogP contribution >= 0.6 is 59.4 Å². The van der Waals surface area contributed by atoms with Gasteiger partial charge in [0.1, 0.15) is 0 Å². The van der Waals surface area contributed by atoms with E-state index in [0.29, 0.717) is 18.2 Å². The Labute approximate surface area is 106 Å². The van der Waals surface area contributed by atoms with E-state index in [4.69, 9.17) is 11.6 Å². The fourth-order valence-electron chi connectivity index (χ4n) is 0.768. The number of rotatable bonds is 3. The first-order valence-corrected chi connectivity index (χ1v) is 6.36. The monoisotopic (exact) mass is 394 g/mol. The molecule has 0 unspecified atom stereocenters. The van der Waals surface area contributed by atoms with Crippen LogP contribution in [-0.4, -0.2) is 26.1 Å². The van der Waals surface area contributed by atoms with Crippen molar-refractivity contribution < 1.29 is 0 Å². The van der Waals surface area contributed by atoms with Gasteiger partial charge >= 0.3 is 0 Å². The summed E-state index contributed by atoms with van der Waals surface area (Å²) in [4.78, 5) is 0. The first-order chi connectivity index (χ1) is 6.05. The van der Waals surface area contributed by atoms with Crippen molar-refractivity contribution in [2.45, 2.75) is 15.1 Å². The molecule has 0 radical (unpaired) electrons. The molecule has 0 aliphatic rings. The highest BCUT2D eigenvalue weighted by molar-refractivity contribution is 9.38. The predicted molar refractivity (Wildman–Crippen MR) is 61.6 cm³/mol. The maximum atomic E-state index is 5.57. The van der Waals surface area contributed by atoms with E-state index in [1.54, 1.807) is 4.68 Å². The van der Waals surface area contributed by atoms with Gasteiger partial charge in [-0.2, -0.15) is 0 Å². The molecule has 8 heteroatoms. The summed E-state index contributed by atoms with van der Waals surface area (Å²) in [6.07, 6.45) is 0.836. The van der Waals surface area contributed by atoms with E-state index in [1.165, 1.54) is 0 Å². The van der Waals surface area contributed by atoms with Crippen molar-refractivity contribution in [3.05, 3.63) is 5.82 Å². The highest BCUT2D eigenvalue weighted by Crippen LogP contribution is 2.42. The van der Waals surface area contributed by atoms with Gasteiger partial charge in [-0.1, -0.05) is 47.8 Å². The van der Waals surface area contributed by atoms with Crippen molar-refractivity contribution in [2.75, 3.05) is 5.88 Å². The minimum atomic E-state index is -0.567. The minimum Gasteiger partial charge on any atom is -0.227 e. The van der Waals surface area contributed by atoms with Gasteiger partial charge in [0.15, 0.2) is 7.97 Å². The number of tetrazole rings is 1. The predicted octanol–water partition coefficient (Wildman–Crippen LogP) is 2.60. The zero-order chi connectivity index (χ0) is 9.90. The van der Waals surface area contributed by atoms with Gasteiger partial charge < -0.3 is 0 Å². The van der Waals surface area contributed by atoms with E-state index in [0.717, 1.165) is 6.42 Å². The standard InChI is InChI=1S/C5H6Br3ClN4/c6-5(7,8)4-10-11-12-13(4)3-1-2-9/h1-3H2. The molecule has 0 fully saturated rings. The zero-order valence-electron chi connectivity index (χ0n) is 6.42. The SMILES string of the molecule is ClCCCn1nnnc1C(Br)(Br)Br. The largest absolute Gasteiger partial charge is 0.227 e. The van der Waals surface area contributed by atoms with Crippen molar-refractivity contribution in [1.29, 1.82) is 0 Å². The third-order valence-electron chi connectivity index (χ3n) is 1.29. The van der Waals surface area contributed by atoms with Crippen LogP contribution in [0, 0.1) is 0 Å². The molecule has 1 aromatic heterocycles. The third kappa shape index (κ3) is 3.45. The fourth-order valence-corrected chi connectivity index (χ4v) is 1.74. The van der Waals surface area contributed by atoms with Crippen LogP contribution in [0.15, 0.2) is 0 Å². The Balaban J connectivity index is 2.77. The maximum absolute atomic E-state index is 5.57. The van der Waals surface area contributed by atoms with E-state index in [-0.39, 0.29) is 0 Å². The Morgan fingerprint density at radius 2 is 2.08 bits per heavy atom. The zero-order valence-corrected chi connectivity index (χ0v) is 11.9. The highest BCUT2D eigenvalue weighted by atomic mass is 80.0. The van der Waals surface area contributed by atoms with Crippen molar-refractivity contribution in [1.82, 2.24) is 20.2 Å². The summed E-state index contributed by atoms with van der Waals surface area (Å²) in [7, 11) is 0. The molecular formula is C5H6Br3ClN4. The quantitative estimate of drug-likeness (QED) is 0.737. The molecule has 1 aromatic rings. The molecule has 1 heterocycles. The highest BCUT2D eigenvalue weighted by Gasteiger charge is 2.28. The number of hydrogen-bond acceptors (Lipinski definition) is 3. The van der Waals surface area contributed by atoms with Gasteiger partial charge in [-0.05, 0) is 16.8 Å². The van der Waals surface area contributed by atoms with Gasteiger partial charge in [0.2, 0.25) is 0 Å². The second-order valence-electron chi connectivity index (χ2n) is 2.27. The van der Waals surface area contributed by atoms with Crippen molar-refractivity contribution in [3.63, 3.8) is 0 Å². The molecule has 0 saturated carbocycles. The van der Waals surface area contributed by atoms with Gasteiger partial charge in [-0.15, -0.1) is 16.7 Å². The maximum Gasteiger partial charge on any atom is 0.195 e. The van der Waals surface area contributed by atoms with Crippen molar-refractivity contribution in [2.24, 2.45) is 0 Å². The first kappa shape index (κ1) is 11.9. The van der Waals surface area contributed by atoms with E-state index in [9.17, 15) is 0 Å². The summed E-state index contributed by atoms with van der Waals surface area (Å²) >= 11 is 15.6. The molecule has 0 amide bonds. The van der Waals surface area contributed by atoms with Gasteiger partial charge in [0.05, 0.1) is 0 Å². The minimum absolute atomic E-state index is 0.567. The second-order valence-corrected chi connectivity index (χ2v) is 9.40. The van der Waals surface area contributed by atoms with Crippen LogP contribution in [0.3, 0.4) is 0 Å². The molecule has 0 aliphatic carbocycles. The molecule has 0 spiro atoms. The molecule has 0 aromatic carbocycles. The molecule has 0 aliphatic heterocycles. The number of halogens is 4. The van der Waals surface area contributed by atoms with Crippen LogP contribution in [0.25, 0.3) is 0 Å². The van der Waals surface area contributed by atoms with Crippen molar-refractivity contribution >= 4 is 59.4 Å². The molecule has 74 valence electrons. The van der Waals surface area contributed by atoms with Crippen LogP contribution < -0.4 is 0 Å². The van der Waals surface area contributed by atoms with Gasteiger partial charge in [0, 0.05) is 12.4 Å². The Bertz CT molecular complexity index is 271. The topological polar surface area (TPSA) is 43.6 Å². The average Bonchev–Trinajstić information content (AvgIpc) is 2.47. The smallest absolute Gasteiger partial charge is 0.195 e. The number of nitrogens with zero attached hydrogens (tertiary/aromatic N) is 4. The molecular weight excluding hydrogens is 391 g/mol. The number of aryl methyl sites for hydroxylation is 1. The Kier molecular flexibility index (Phi) is 4.61. The molecule has 0 saturated heterocycles. The third-order valence-corrected chi connectivity index (χ3v) is 2.62. The summed E-state index contributed by atoms with van der Waals surface area (Å²) in [5.74, 6) is 1.26. The van der Waals surface area contributed by atoms with Gasteiger partial charge in [-0.3, -0.25) is 0 Å². The summed E-state index contributed by atoms with van der Waals surface area (Å²) < 4.78 is 1.11. The lowest BCUT2D eigenvalue weighted by molar-refractivity contribution is 0.564. The first-order valence-electron chi connectivity index (χ1n) is 3.45. The van der Waals surface area contributed by atoms with Crippen LogP contribution in [0.5, 0.6) is 0 Å². The van der Waals surface area contributed by atoms with Crippen LogP contribution in [-0.2, 0) is 8.69 Å². The van der Waals surface area contributed by atoms with Crippen molar-refractivity contribution in [3.8, 4) is 0 Å². The molecule has 0 atom stereocenters. The number of alkyl halides is 4. The normalized spacial score (nSPS) is 12.0. The second kappa shape index (κ2) is 5.04. The molecule has 4 nitrogen and oxygen atoms in total. The lowest BCUT2D eigenvalue weighted by Crippen LogP contribution is -2.12. The molecule has 0 N–H and O–H groups in total. The van der Waals surface area contributed by atoms with Crippen LogP contribution in [0.2, 0.25) is 0 Å². The van der Waals surface area contributed by atoms with Crippen LogP contribution in [0.1, 0.15) is 12.2 Å². The van der Waals surface area contributed by atoms with Crippen LogP contribution in [0.4, 0.5) is 0 Å². The fraction of sp³-hybridized carbons (Fsp3) is 0.800.